The largest absolute Gasteiger partial charge is 0.381 e. The van der Waals surface area contributed by atoms with Gasteiger partial charge >= 0.3 is 0 Å². The zero-order valence-electron chi connectivity index (χ0n) is 8.76. The summed E-state index contributed by atoms with van der Waals surface area (Å²) in [6.45, 7) is 2.24. The van der Waals surface area contributed by atoms with Crippen LogP contribution in [0.1, 0.15) is 26.2 Å². The molecule has 1 nitrogen and oxygen atoms in total. The summed E-state index contributed by atoms with van der Waals surface area (Å²) in [5.74, 6) is 0.873. The predicted molar refractivity (Wildman–Crippen MR) is 69.6 cm³/mol. The predicted octanol–water partition coefficient (Wildman–Crippen LogP) is 4.70. The van der Waals surface area contributed by atoms with Gasteiger partial charge in [0.2, 0.25) is 0 Å². The fraction of sp³-hybridized carbons (Fsp3) is 0.500. The van der Waals surface area contributed by atoms with Crippen molar-refractivity contribution in [2.75, 3.05) is 5.32 Å². The molecule has 0 aliphatic heterocycles. The number of nitrogens with one attached hydrogen (secondary N) is 1. The minimum Gasteiger partial charge on any atom is -0.381 e. The lowest BCUT2D eigenvalue weighted by Gasteiger charge is -2.18. The fourth-order valence-electron chi connectivity index (χ4n) is 1.86. The first-order valence-corrected chi connectivity index (χ1v) is 6.59. The second-order valence-corrected chi connectivity index (χ2v) is 5.41. The number of hydrogen-bond acceptors (Lipinski definition) is 1. The number of rotatable bonds is 4. The van der Waals surface area contributed by atoms with Crippen LogP contribution in [0.2, 0.25) is 5.02 Å². The molecule has 1 aliphatic rings. The van der Waals surface area contributed by atoms with Gasteiger partial charge in [0.25, 0.3) is 0 Å². The summed E-state index contributed by atoms with van der Waals surface area (Å²) in [4.78, 5) is 0. The first kappa shape index (κ1) is 11.3. The molecule has 3 heteroatoms. The number of halogens is 2. The van der Waals surface area contributed by atoms with Crippen molar-refractivity contribution in [1.82, 2.24) is 0 Å². The highest BCUT2D eigenvalue weighted by Crippen LogP contribution is 2.37. The maximum Gasteiger partial charge on any atom is 0.0487 e. The Bertz CT molecular complexity index is 349. The van der Waals surface area contributed by atoms with Gasteiger partial charge in [-0.05, 0) is 59.3 Å². The van der Waals surface area contributed by atoms with Crippen LogP contribution in [0, 0.1) is 5.92 Å². The van der Waals surface area contributed by atoms with Gasteiger partial charge in [-0.25, -0.2) is 0 Å². The van der Waals surface area contributed by atoms with E-state index in [1.165, 1.54) is 19.3 Å². The molecule has 1 atom stereocenters. The lowest BCUT2D eigenvalue weighted by atomic mass is 10.1. The van der Waals surface area contributed by atoms with Gasteiger partial charge in [0.05, 0.1) is 0 Å². The van der Waals surface area contributed by atoms with Gasteiger partial charge in [-0.15, -0.1) is 0 Å². The van der Waals surface area contributed by atoms with E-state index in [1.54, 1.807) is 0 Å². The Balaban J connectivity index is 2.08. The van der Waals surface area contributed by atoms with E-state index in [2.05, 4.69) is 28.2 Å². The summed E-state index contributed by atoms with van der Waals surface area (Å²) < 4.78 is 1.05. The van der Waals surface area contributed by atoms with Gasteiger partial charge in [0, 0.05) is 21.2 Å². The minimum atomic E-state index is 0.613. The summed E-state index contributed by atoms with van der Waals surface area (Å²) >= 11 is 9.43. The van der Waals surface area contributed by atoms with Crippen molar-refractivity contribution in [3.63, 3.8) is 0 Å². The van der Waals surface area contributed by atoms with Crippen LogP contribution < -0.4 is 5.32 Å². The van der Waals surface area contributed by atoms with E-state index in [0.717, 1.165) is 21.1 Å². The molecule has 0 spiro atoms. The Morgan fingerprint density at radius 2 is 2.27 bits per heavy atom. The highest BCUT2D eigenvalue weighted by Gasteiger charge is 2.29. The molecule has 1 aliphatic carbocycles. The Kier molecular flexibility index (Phi) is 3.57. The zero-order valence-corrected chi connectivity index (χ0v) is 11.1. The summed E-state index contributed by atoms with van der Waals surface area (Å²) in [5.41, 5.74) is 1.15. The normalized spacial score (nSPS) is 17.5. The Labute approximate surface area is 104 Å². The second-order valence-electron chi connectivity index (χ2n) is 4.12. The summed E-state index contributed by atoms with van der Waals surface area (Å²) in [7, 11) is 0. The van der Waals surface area contributed by atoms with Gasteiger partial charge < -0.3 is 5.32 Å². The molecule has 0 bridgehead atoms. The first-order chi connectivity index (χ1) is 7.20. The fourth-order valence-corrected chi connectivity index (χ4v) is 2.66. The summed E-state index contributed by atoms with van der Waals surface area (Å²) in [6, 6.07) is 6.51. The van der Waals surface area contributed by atoms with Crippen LogP contribution in [0.15, 0.2) is 22.7 Å². The van der Waals surface area contributed by atoms with Crippen LogP contribution in [-0.4, -0.2) is 6.04 Å². The number of anilines is 1. The highest BCUT2D eigenvalue weighted by atomic mass is 79.9. The van der Waals surface area contributed by atoms with Gasteiger partial charge in [-0.3, -0.25) is 0 Å². The van der Waals surface area contributed by atoms with Crippen LogP contribution in [0.25, 0.3) is 0 Å². The Morgan fingerprint density at radius 1 is 1.53 bits per heavy atom. The van der Waals surface area contributed by atoms with Crippen molar-refractivity contribution in [3.8, 4) is 0 Å². The highest BCUT2D eigenvalue weighted by molar-refractivity contribution is 9.10. The smallest absolute Gasteiger partial charge is 0.0487 e. The Hall–Kier alpha value is -0.210. The second kappa shape index (κ2) is 4.75. The van der Waals surface area contributed by atoms with Crippen molar-refractivity contribution < 1.29 is 0 Å². The minimum absolute atomic E-state index is 0.613. The van der Waals surface area contributed by atoms with Crippen molar-refractivity contribution in [1.29, 1.82) is 0 Å². The van der Waals surface area contributed by atoms with Crippen LogP contribution in [-0.2, 0) is 0 Å². The zero-order chi connectivity index (χ0) is 10.8. The Morgan fingerprint density at radius 3 is 2.80 bits per heavy atom. The van der Waals surface area contributed by atoms with E-state index < -0.39 is 0 Å². The maximum atomic E-state index is 5.90. The molecule has 1 fully saturated rings. The third-order valence-corrected chi connectivity index (χ3v) is 3.79. The molecule has 1 saturated carbocycles. The molecule has 0 amide bonds. The molecule has 0 saturated heterocycles. The van der Waals surface area contributed by atoms with Gasteiger partial charge in [0.1, 0.15) is 0 Å². The first-order valence-electron chi connectivity index (χ1n) is 5.42. The SMILES string of the molecule is CCC(Nc1ccc(Cl)cc1Br)C1CC1. The molecule has 1 unspecified atom stereocenters. The van der Waals surface area contributed by atoms with Crippen LogP contribution in [0.5, 0.6) is 0 Å². The molecule has 0 aromatic heterocycles. The third-order valence-electron chi connectivity index (χ3n) is 2.90. The molecule has 15 heavy (non-hydrogen) atoms. The number of hydrogen-bond donors (Lipinski definition) is 1. The van der Waals surface area contributed by atoms with Crippen LogP contribution in [0.3, 0.4) is 0 Å². The molecule has 82 valence electrons. The molecule has 1 aromatic rings. The van der Waals surface area contributed by atoms with E-state index in [-0.39, 0.29) is 0 Å². The van der Waals surface area contributed by atoms with Crippen LogP contribution >= 0.6 is 27.5 Å². The van der Waals surface area contributed by atoms with Crippen molar-refractivity contribution in [2.45, 2.75) is 32.2 Å². The molecule has 1 N–H and O–H groups in total. The molecule has 0 heterocycles. The van der Waals surface area contributed by atoms with E-state index in [1.807, 2.05) is 18.2 Å². The van der Waals surface area contributed by atoms with E-state index in [0.29, 0.717) is 6.04 Å². The van der Waals surface area contributed by atoms with E-state index in [9.17, 15) is 0 Å². The van der Waals surface area contributed by atoms with Crippen molar-refractivity contribution >= 4 is 33.2 Å². The standard InChI is InChI=1S/C12H15BrClN/c1-2-11(8-3-4-8)15-12-6-5-9(14)7-10(12)13/h5-8,11,15H,2-4H2,1H3. The van der Waals surface area contributed by atoms with Crippen molar-refractivity contribution in [3.05, 3.63) is 27.7 Å². The lowest BCUT2D eigenvalue weighted by Crippen LogP contribution is -2.20. The molecule has 1 aromatic carbocycles. The molecular formula is C12H15BrClN. The molecule has 0 radical (unpaired) electrons. The third kappa shape index (κ3) is 2.88. The average molecular weight is 289 g/mol. The van der Waals surface area contributed by atoms with E-state index >= 15 is 0 Å². The topological polar surface area (TPSA) is 12.0 Å². The van der Waals surface area contributed by atoms with E-state index in [4.69, 9.17) is 11.6 Å². The lowest BCUT2D eigenvalue weighted by molar-refractivity contribution is 0.616. The number of benzene rings is 1. The van der Waals surface area contributed by atoms with Gasteiger partial charge in [0.15, 0.2) is 0 Å². The monoisotopic (exact) mass is 287 g/mol. The average Bonchev–Trinajstić information content (AvgIpc) is 3.00. The molecule has 2 rings (SSSR count). The maximum absolute atomic E-state index is 5.90. The van der Waals surface area contributed by atoms with Crippen LogP contribution in [0.4, 0.5) is 5.69 Å². The van der Waals surface area contributed by atoms with Gasteiger partial charge in [-0.2, -0.15) is 0 Å². The summed E-state index contributed by atoms with van der Waals surface area (Å²) in [5, 5.41) is 4.35. The van der Waals surface area contributed by atoms with Crippen molar-refractivity contribution in [2.24, 2.45) is 5.92 Å². The summed E-state index contributed by atoms with van der Waals surface area (Å²) in [6.07, 6.45) is 3.92. The van der Waals surface area contributed by atoms with Gasteiger partial charge in [-0.1, -0.05) is 18.5 Å². The molecular weight excluding hydrogens is 273 g/mol. The quantitative estimate of drug-likeness (QED) is 0.846.